The molecule has 134 valence electrons. The third-order valence-corrected chi connectivity index (χ3v) is 6.51. The topological polar surface area (TPSA) is 49.3 Å². The number of hydrogen-bond acceptors (Lipinski definition) is 4. The predicted molar refractivity (Wildman–Crippen MR) is 90.7 cm³/mol. The molecule has 5 rings (SSSR count). The molecule has 4 aliphatic rings. The molecule has 1 saturated heterocycles. The van der Waals surface area contributed by atoms with Crippen molar-refractivity contribution in [1.82, 2.24) is 19.8 Å². The summed E-state index contributed by atoms with van der Waals surface area (Å²) in [5.74, 6) is 1.47. The fraction of sp³-hybridized carbons (Fsp3) is 0.737. The van der Waals surface area contributed by atoms with E-state index in [9.17, 15) is 9.18 Å². The number of alkyl halides is 1. The summed E-state index contributed by atoms with van der Waals surface area (Å²) in [4.78, 5) is 26.1. The zero-order valence-electron chi connectivity index (χ0n) is 14.7. The minimum Gasteiger partial charge on any atom is -0.338 e. The molecule has 5 nitrogen and oxygen atoms in total. The van der Waals surface area contributed by atoms with E-state index in [1.807, 2.05) is 13.1 Å². The van der Waals surface area contributed by atoms with Crippen molar-refractivity contribution in [2.24, 2.45) is 5.92 Å². The van der Waals surface area contributed by atoms with Crippen molar-refractivity contribution < 1.29 is 9.18 Å². The van der Waals surface area contributed by atoms with Gasteiger partial charge in [-0.1, -0.05) is 0 Å². The van der Waals surface area contributed by atoms with E-state index in [0.29, 0.717) is 25.9 Å². The lowest BCUT2D eigenvalue weighted by molar-refractivity contribution is -0.149. The van der Waals surface area contributed by atoms with Crippen LogP contribution in [0.5, 0.6) is 0 Å². The summed E-state index contributed by atoms with van der Waals surface area (Å²) in [6.45, 7) is 5.09. The summed E-state index contributed by atoms with van der Waals surface area (Å²) >= 11 is 0. The number of rotatable bonds is 3. The van der Waals surface area contributed by atoms with E-state index in [1.54, 1.807) is 4.90 Å². The number of likely N-dealkylation sites (tertiary alicyclic amines) is 1. The summed E-state index contributed by atoms with van der Waals surface area (Å²) in [6, 6.07) is 0.273. The molecule has 0 aromatic carbocycles. The van der Waals surface area contributed by atoms with Crippen LogP contribution in [-0.4, -0.2) is 57.0 Å². The second kappa shape index (κ2) is 5.47. The van der Waals surface area contributed by atoms with E-state index in [0.717, 1.165) is 36.9 Å². The van der Waals surface area contributed by atoms with Crippen LogP contribution in [0.1, 0.15) is 55.1 Å². The highest BCUT2D eigenvalue weighted by Gasteiger charge is 2.52. The highest BCUT2D eigenvalue weighted by molar-refractivity contribution is 5.86. The number of amides is 1. The maximum atomic E-state index is 14.7. The van der Waals surface area contributed by atoms with E-state index in [2.05, 4.69) is 9.88 Å². The van der Waals surface area contributed by atoms with Gasteiger partial charge in [0.05, 0.1) is 5.69 Å². The molecule has 0 radical (unpaired) electrons. The summed E-state index contributed by atoms with van der Waals surface area (Å²) in [6.07, 6.45) is 6.16. The standard InChI is InChI=1S/C19H25FN4O/c1-12-21-7-14-9-23(8-13-3-4-13)16-11-24(10-15(16)17(14)22-12)18(25)19(20)5-2-6-19/h7,13,15-16H,2-6,8-11H2,1H3. The van der Waals surface area contributed by atoms with Gasteiger partial charge in [0.2, 0.25) is 0 Å². The number of nitrogens with zero attached hydrogens (tertiary/aromatic N) is 4. The zero-order valence-corrected chi connectivity index (χ0v) is 14.7. The predicted octanol–water partition coefficient (Wildman–Crippen LogP) is 2.20. The first-order valence-corrected chi connectivity index (χ1v) is 9.58. The number of aromatic nitrogens is 2. The molecule has 0 spiro atoms. The Kier molecular flexibility index (Phi) is 3.43. The highest BCUT2D eigenvalue weighted by Crippen LogP contribution is 2.43. The second-order valence-electron chi connectivity index (χ2n) is 8.40. The third-order valence-electron chi connectivity index (χ3n) is 6.51. The zero-order chi connectivity index (χ0) is 17.2. The minimum absolute atomic E-state index is 0.192. The largest absolute Gasteiger partial charge is 0.338 e. The lowest BCUT2D eigenvalue weighted by Gasteiger charge is -2.37. The molecule has 2 aliphatic carbocycles. The van der Waals surface area contributed by atoms with Crippen molar-refractivity contribution in [3.63, 3.8) is 0 Å². The van der Waals surface area contributed by atoms with Crippen LogP contribution in [0.15, 0.2) is 6.20 Å². The number of carbonyl (C=O) groups is 1. The Bertz CT molecular complexity index is 715. The van der Waals surface area contributed by atoms with Crippen molar-refractivity contribution in [2.45, 2.75) is 63.2 Å². The average Bonchev–Trinajstić information content (AvgIpc) is 3.26. The molecule has 2 aliphatic heterocycles. The van der Waals surface area contributed by atoms with Gasteiger partial charge in [-0.25, -0.2) is 14.4 Å². The van der Waals surface area contributed by atoms with Gasteiger partial charge in [0.15, 0.2) is 5.67 Å². The van der Waals surface area contributed by atoms with Crippen LogP contribution in [0.3, 0.4) is 0 Å². The van der Waals surface area contributed by atoms with Crippen molar-refractivity contribution in [1.29, 1.82) is 0 Å². The Morgan fingerprint density at radius 1 is 1.36 bits per heavy atom. The molecule has 0 bridgehead atoms. The van der Waals surface area contributed by atoms with Gasteiger partial charge < -0.3 is 4.90 Å². The maximum Gasteiger partial charge on any atom is 0.260 e. The van der Waals surface area contributed by atoms with Crippen molar-refractivity contribution in [3.8, 4) is 0 Å². The van der Waals surface area contributed by atoms with Crippen LogP contribution in [0, 0.1) is 12.8 Å². The van der Waals surface area contributed by atoms with Gasteiger partial charge in [0.25, 0.3) is 5.91 Å². The van der Waals surface area contributed by atoms with Crippen LogP contribution in [0.2, 0.25) is 0 Å². The van der Waals surface area contributed by atoms with E-state index < -0.39 is 5.67 Å². The third kappa shape index (κ3) is 2.57. The molecule has 2 unspecified atom stereocenters. The van der Waals surface area contributed by atoms with Crippen molar-refractivity contribution >= 4 is 5.91 Å². The van der Waals surface area contributed by atoms with Gasteiger partial charge in [-0.15, -0.1) is 0 Å². The van der Waals surface area contributed by atoms with Crippen LogP contribution in [0.4, 0.5) is 4.39 Å². The molecule has 3 heterocycles. The minimum atomic E-state index is -1.60. The number of aryl methyl sites for hydroxylation is 1. The number of halogens is 1. The Morgan fingerprint density at radius 2 is 2.16 bits per heavy atom. The summed E-state index contributed by atoms with van der Waals surface area (Å²) in [7, 11) is 0. The van der Waals surface area contributed by atoms with E-state index in [4.69, 9.17) is 4.98 Å². The van der Waals surface area contributed by atoms with Gasteiger partial charge in [-0.2, -0.15) is 0 Å². The lowest BCUT2D eigenvalue weighted by atomic mass is 9.81. The Labute approximate surface area is 147 Å². The first kappa shape index (κ1) is 15.7. The molecule has 2 saturated carbocycles. The number of hydrogen-bond donors (Lipinski definition) is 0. The van der Waals surface area contributed by atoms with Gasteiger partial charge in [0.1, 0.15) is 5.82 Å². The highest BCUT2D eigenvalue weighted by atomic mass is 19.1. The molecule has 6 heteroatoms. The molecule has 0 N–H and O–H groups in total. The number of carbonyl (C=O) groups excluding carboxylic acids is 1. The summed E-state index contributed by atoms with van der Waals surface area (Å²) < 4.78 is 14.7. The van der Waals surface area contributed by atoms with Crippen LogP contribution < -0.4 is 0 Å². The molecule has 25 heavy (non-hydrogen) atoms. The molecule has 1 aromatic rings. The first-order valence-electron chi connectivity index (χ1n) is 9.58. The van der Waals surface area contributed by atoms with Crippen LogP contribution in [-0.2, 0) is 11.3 Å². The molecule has 1 amide bonds. The smallest absolute Gasteiger partial charge is 0.260 e. The van der Waals surface area contributed by atoms with Crippen molar-refractivity contribution in [2.75, 3.05) is 19.6 Å². The summed E-state index contributed by atoms with van der Waals surface area (Å²) in [5.41, 5.74) is 0.668. The van der Waals surface area contributed by atoms with E-state index in [1.165, 1.54) is 18.4 Å². The van der Waals surface area contributed by atoms with Crippen molar-refractivity contribution in [3.05, 3.63) is 23.3 Å². The average molecular weight is 344 g/mol. The fourth-order valence-electron chi connectivity index (χ4n) is 4.70. The normalized spacial score (nSPS) is 30.6. The van der Waals surface area contributed by atoms with Gasteiger partial charge in [0, 0.05) is 49.9 Å². The number of fused-ring (bicyclic) bond motifs is 3. The van der Waals surface area contributed by atoms with E-state index in [-0.39, 0.29) is 17.9 Å². The molecule has 2 atom stereocenters. The van der Waals surface area contributed by atoms with E-state index >= 15 is 0 Å². The van der Waals surface area contributed by atoms with Gasteiger partial charge in [-0.05, 0) is 44.9 Å². The molecular weight excluding hydrogens is 319 g/mol. The van der Waals surface area contributed by atoms with Gasteiger partial charge >= 0.3 is 0 Å². The second-order valence-corrected chi connectivity index (χ2v) is 8.40. The quantitative estimate of drug-likeness (QED) is 0.843. The molecule has 1 aromatic heterocycles. The SMILES string of the molecule is Cc1ncc2c(n1)C1CN(C(=O)C3(F)CCC3)CC1N(CC1CC1)C2. The fourth-order valence-corrected chi connectivity index (χ4v) is 4.70. The monoisotopic (exact) mass is 344 g/mol. The first-order chi connectivity index (χ1) is 12.0. The lowest BCUT2D eigenvalue weighted by Crippen LogP contribution is -2.50. The Hall–Kier alpha value is -1.56. The maximum absolute atomic E-state index is 14.7. The van der Waals surface area contributed by atoms with Crippen LogP contribution >= 0.6 is 0 Å². The Balaban J connectivity index is 1.44. The summed E-state index contributed by atoms with van der Waals surface area (Å²) in [5, 5.41) is 0. The van der Waals surface area contributed by atoms with Crippen LogP contribution in [0.25, 0.3) is 0 Å². The van der Waals surface area contributed by atoms with Gasteiger partial charge in [-0.3, -0.25) is 9.69 Å². The molecular formula is C19H25FN4O. The Morgan fingerprint density at radius 3 is 2.84 bits per heavy atom. The molecule has 3 fully saturated rings.